The van der Waals surface area contributed by atoms with Crippen LogP contribution in [0.2, 0.25) is 0 Å². The van der Waals surface area contributed by atoms with Crippen LogP contribution in [0, 0.1) is 5.41 Å². The van der Waals surface area contributed by atoms with Gasteiger partial charge in [-0.05, 0) is 12.5 Å². The standard InChI is InChI=1S/C9H13N3O/c1-2-5-13-8-6-7(9(10)11)3-4-12-8/h3-4,6H,2,5H2,1H3,(H3,10,11). The number of hydrogen-bond acceptors (Lipinski definition) is 3. The Morgan fingerprint density at radius 3 is 3.08 bits per heavy atom. The lowest BCUT2D eigenvalue weighted by Crippen LogP contribution is -2.11. The molecule has 3 N–H and O–H groups in total. The van der Waals surface area contributed by atoms with Gasteiger partial charge in [-0.2, -0.15) is 0 Å². The fourth-order valence-electron chi connectivity index (χ4n) is 0.863. The summed E-state index contributed by atoms with van der Waals surface area (Å²) in [4.78, 5) is 3.98. The minimum Gasteiger partial charge on any atom is -0.478 e. The van der Waals surface area contributed by atoms with Gasteiger partial charge in [-0.3, -0.25) is 5.41 Å². The Morgan fingerprint density at radius 1 is 1.69 bits per heavy atom. The molecular weight excluding hydrogens is 166 g/mol. The Morgan fingerprint density at radius 2 is 2.46 bits per heavy atom. The maximum Gasteiger partial charge on any atom is 0.213 e. The van der Waals surface area contributed by atoms with E-state index in [9.17, 15) is 0 Å². The fraction of sp³-hybridized carbons (Fsp3) is 0.333. The minimum absolute atomic E-state index is 0.0312. The molecule has 0 unspecified atom stereocenters. The average molecular weight is 179 g/mol. The van der Waals surface area contributed by atoms with Crippen molar-refractivity contribution in [3.05, 3.63) is 23.9 Å². The van der Waals surface area contributed by atoms with E-state index in [-0.39, 0.29) is 5.84 Å². The number of rotatable bonds is 4. The Kier molecular flexibility index (Phi) is 3.25. The molecule has 1 heterocycles. The highest BCUT2D eigenvalue weighted by Gasteiger charge is 1.99. The topological polar surface area (TPSA) is 72.0 Å². The monoisotopic (exact) mass is 179 g/mol. The lowest BCUT2D eigenvalue weighted by molar-refractivity contribution is 0.305. The molecule has 0 atom stereocenters. The van der Waals surface area contributed by atoms with Gasteiger partial charge in [-0.25, -0.2) is 4.98 Å². The Balaban J connectivity index is 2.73. The number of nitrogen functional groups attached to an aromatic ring is 1. The van der Waals surface area contributed by atoms with E-state index in [1.807, 2.05) is 6.92 Å². The lowest BCUT2D eigenvalue weighted by atomic mass is 10.2. The van der Waals surface area contributed by atoms with Crippen molar-refractivity contribution in [3.63, 3.8) is 0 Å². The number of amidine groups is 1. The third-order valence-electron chi connectivity index (χ3n) is 1.50. The van der Waals surface area contributed by atoms with Crippen molar-refractivity contribution in [2.45, 2.75) is 13.3 Å². The third kappa shape index (κ3) is 2.74. The van der Waals surface area contributed by atoms with Crippen molar-refractivity contribution < 1.29 is 4.74 Å². The molecule has 0 saturated heterocycles. The van der Waals surface area contributed by atoms with E-state index < -0.39 is 0 Å². The summed E-state index contributed by atoms with van der Waals surface area (Å²) in [6.07, 6.45) is 2.52. The highest BCUT2D eigenvalue weighted by atomic mass is 16.5. The van der Waals surface area contributed by atoms with Gasteiger partial charge in [-0.15, -0.1) is 0 Å². The predicted octanol–water partition coefficient (Wildman–Crippen LogP) is 1.15. The van der Waals surface area contributed by atoms with Crippen LogP contribution in [-0.4, -0.2) is 17.4 Å². The van der Waals surface area contributed by atoms with Crippen molar-refractivity contribution in [1.82, 2.24) is 4.98 Å². The highest BCUT2D eigenvalue weighted by Crippen LogP contribution is 2.08. The van der Waals surface area contributed by atoms with Crippen LogP contribution in [0.3, 0.4) is 0 Å². The molecule has 0 spiro atoms. The van der Waals surface area contributed by atoms with Gasteiger partial charge < -0.3 is 10.5 Å². The van der Waals surface area contributed by atoms with Crippen molar-refractivity contribution in [2.24, 2.45) is 5.73 Å². The largest absolute Gasteiger partial charge is 0.478 e. The molecule has 13 heavy (non-hydrogen) atoms. The Labute approximate surface area is 77.2 Å². The summed E-state index contributed by atoms with van der Waals surface area (Å²) in [5, 5.41) is 7.20. The van der Waals surface area contributed by atoms with Gasteiger partial charge in [-0.1, -0.05) is 6.92 Å². The van der Waals surface area contributed by atoms with E-state index in [1.165, 1.54) is 0 Å². The maximum atomic E-state index is 7.20. The van der Waals surface area contributed by atoms with Crippen LogP contribution in [0.1, 0.15) is 18.9 Å². The van der Waals surface area contributed by atoms with Crippen LogP contribution in [-0.2, 0) is 0 Å². The zero-order valence-electron chi connectivity index (χ0n) is 7.58. The minimum atomic E-state index is 0.0312. The summed E-state index contributed by atoms with van der Waals surface area (Å²) in [5.41, 5.74) is 5.95. The van der Waals surface area contributed by atoms with E-state index in [2.05, 4.69) is 4.98 Å². The molecule has 0 aromatic carbocycles. The van der Waals surface area contributed by atoms with Crippen LogP contribution >= 0.6 is 0 Å². The van der Waals surface area contributed by atoms with E-state index in [4.69, 9.17) is 15.9 Å². The third-order valence-corrected chi connectivity index (χ3v) is 1.50. The Bertz CT molecular complexity index is 299. The number of nitrogens with two attached hydrogens (primary N) is 1. The molecule has 0 fully saturated rings. The second kappa shape index (κ2) is 4.45. The van der Waals surface area contributed by atoms with Crippen LogP contribution in [0.4, 0.5) is 0 Å². The Hall–Kier alpha value is -1.58. The van der Waals surface area contributed by atoms with Crippen molar-refractivity contribution >= 4 is 5.84 Å². The summed E-state index contributed by atoms with van der Waals surface area (Å²) in [7, 11) is 0. The van der Waals surface area contributed by atoms with Crippen LogP contribution in [0.25, 0.3) is 0 Å². The van der Waals surface area contributed by atoms with Crippen molar-refractivity contribution in [2.75, 3.05) is 6.61 Å². The zero-order chi connectivity index (χ0) is 9.68. The first-order valence-electron chi connectivity index (χ1n) is 4.17. The van der Waals surface area contributed by atoms with E-state index in [0.29, 0.717) is 18.1 Å². The number of aromatic nitrogens is 1. The molecular formula is C9H13N3O. The zero-order valence-corrected chi connectivity index (χ0v) is 7.58. The second-order valence-electron chi connectivity index (χ2n) is 2.64. The molecule has 70 valence electrons. The molecule has 4 heteroatoms. The normalized spacial score (nSPS) is 9.62. The van der Waals surface area contributed by atoms with Gasteiger partial charge in [0.1, 0.15) is 5.84 Å². The van der Waals surface area contributed by atoms with E-state index >= 15 is 0 Å². The van der Waals surface area contributed by atoms with Crippen LogP contribution in [0.5, 0.6) is 5.88 Å². The average Bonchev–Trinajstić information content (AvgIpc) is 2.15. The first kappa shape index (κ1) is 9.51. The van der Waals surface area contributed by atoms with E-state index in [0.717, 1.165) is 6.42 Å². The SMILES string of the molecule is CCCOc1cc(C(=N)N)ccn1. The molecule has 0 amide bonds. The predicted molar refractivity (Wildman–Crippen MR) is 51.0 cm³/mol. The number of pyridine rings is 1. The smallest absolute Gasteiger partial charge is 0.213 e. The molecule has 0 aliphatic heterocycles. The lowest BCUT2D eigenvalue weighted by Gasteiger charge is -2.04. The fourth-order valence-corrected chi connectivity index (χ4v) is 0.863. The maximum absolute atomic E-state index is 7.20. The summed E-state index contributed by atoms with van der Waals surface area (Å²) >= 11 is 0. The molecule has 0 aliphatic carbocycles. The molecule has 1 aromatic rings. The summed E-state index contributed by atoms with van der Waals surface area (Å²) in [6, 6.07) is 3.35. The quantitative estimate of drug-likeness (QED) is 0.538. The molecule has 1 aromatic heterocycles. The van der Waals surface area contributed by atoms with Gasteiger partial charge in [0.15, 0.2) is 0 Å². The molecule has 0 bridgehead atoms. The highest BCUT2D eigenvalue weighted by molar-refractivity contribution is 5.95. The van der Waals surface area contributed by atoms with Gasteiger partial charge in [0.05, 0.1) is 6.61 Å². The number of ether oxygens (including phenoxy) is 1. The van der Waals surface area contributed by atoms with Crippen LogP contribution in [0.15, 0.2) is 18.3 Å². The number of nitrogens with one attached hydrogen (secondary N) is 1. The molecule has 0 radical (unpaired) electrons. The second-order valence-corrected chi connectivity index (χ2v) is 2.64. The van der Waals surface area contributed by atoms with Gasteiger partial charge in [0.2, 0.25) is 5.88 Å². The molecule has 1 rings (SSSR count). The summed E-state index contributed by atoms with van der Waals surface area (Å²) in [5.74, 6) is 0.554. The van der Waals surface area contributed by atoms with Gasteiger partial charge >= 0.3 is 0 Å². The summed E-state index contributed by atoms with van der Waals surface area (Å²) in [6.45, 7) is 2.66. The molecule has 0 saturated carbocycles. The van der Waals surface area contributed by atoms with Gasteiger partial charge in [0.25, 0.3) is 0 Å². The summed E-state index contributed by atoms with van der Waals surface area (Å²) < 4.78 is 5.28. The van der Waals surface area contributed by atoms with Crippen molar-refractivity contribution in [1.29, 1.82) is 5.41 Å². The van der Waals surface area contributed by atoms with Crippen LogP contribution < -0.4 is 10.5 Å². The van der Waals surface area contributed by atoms with E-state index in [1.54, 1.807) is 18.3 Å². The first-order valence-corrected chi connectivity index (χ1v) is 4.17. The van der Waals surface area contributed by atoms with Gasteiger partial charge in [0, 0.05) is 17.8 Å². The molecule has 0 aliphatic rings. The van der Waals surface area contributed by atoms with Crippen molar-refractivity contribution in [3.8, 4) is 5.88 Å². The molecule has 4 nitrogen and oxygen atoms in total. The first-order chi connectivity index (χ1) is 6.24. The number of nitrogens with zero attached hydrogens (tertiary/aromatic N) is 1. The number of hydrogen-bond donors (Lipinski definition) is 2.